The van der Waals surface area contributed by atoms with Crippen molar-refractivity contribution < 1.29 is 9.47 Å². The minimum Gasteiger partial charge on any atom is -0.493 e. The lowest BCUT2D eigenvalue weighted by Gasteiger charge is -2.09. The van der Waals surface area contributed by atoms with Gasteiger partial charge in [0.25, 0.3) is 0 Å². The number of aromatic nitrogens is 2. The van der Waals surface area contributed by atoms with Gasteiger partial charge in [-0.25, -0.2) is 4.98 Å². The van der Waals surface area contributed by atoms with Crippen molar-refractivity contribution in [3.05, 3.63) is 53.9 Å². The van der Waals surface area contributed by atoms with Crippen molar-refractivity contribution in [1.29, 1.82) is 5.26 Å². The van der Waals surface area contributed by atoms with Gasteiger partial charge in [-0.05, 0) is 17.7 Å². The molecule has 0 aliphatic heterocycles. The third-order valence-corrected chi connectivity index (χ3v) is 3.56. The van der Waals surface area contributed by atoms with Crippen molar-refractivity contribution in [3.8, 4) is 17.6 Å². The van der Waals surface area contributed by atoms with Crippen LogP contribution in [0.5, 0.6) is 11.5 Å². The van der Waals surface area contributed by atoms with Crippen LogP contribution in [0.3, 0.4) is 0 Å². The lowest BCUT2D eigenvalue weighted by molar-refractivity contribution is 0.355. The molecular formula is C17H15N3O2. The molecule has 0 N–H and O–H groups in total. The van der Waals surface area contributed by atoms with E-state index in [0.29, 0.717) is 23.6 Å². The highest BCUT2D eigenvalue weighted by atomic mass is 16.5. The Kier molecular flexibility index (Phi) is 3.67. The Labute approximate surface area is 128 Å². The number of methoxy groups -OCH3 is 2. The Morgan fingerprint density at radius 3 is 2.41 bits per heavy atom. The Morgan fingerprint density at radius 2 is 1.77 bits per heavy atom. The summed E-state index contributed by atoms with van der Waals surface area (Å²) in [6.07, 6.45) is 1.79. The molecule has 0 unspecified atom stereocenters. The zero-order chi connectivity index (χ0) is 15.5. The van der Waals surface area contributed by atoms with Gasteiger partial charge in [-0.1, -0.05) is 12.1 Å². The van der Waals surface area contributed by atoms with Crippen LogP contribution < -0.4 is 9.47 Å². The van der Waals surface area contributed by atoms with Gasteiger partial charge >= 0.3 is 0 Å². The predicted octanol–water partition coefficient (Wildman–Crippen LogP) is 2.97. The number of nitriles is 1. The topological polar surface area (TPSA) is 60.1 Å². The molecule has 0 saturated heterocycles. The van der Waals surface area contributed by atoms with Crippen LogP contribution in [-0.4, -0.2) is 23.8 Å². The van der Waals surface area contributed by atoms with Crippen LogP contribution in [-0.2, 0) is 6.54 Å². The summed E-state index contributed by atoms with van der Waals surface area (Å²) in [5.41, 5.74) is 3.59. The van der Waals surface area contributed by atoms with Gasteiger partial charge in [-0.2, -0.15) is 5.26 Å². The molecule has 0 aliphatic rings. The molecular weight excluding hydrogens is 278 g/mol. The molecule has 0 radical (unpaired) electrons. The second-order valence-electron chi connectivity index (χ2n) is 4.88. The Bertz CT molecular complexity index is 845. The Balaban J connectivity index is 1.98. The van der Waals surface area contributed by atoms with Gasteiger partial charge in [0.2, 0.25) is 0 Å². The molecule has 0 fully saturated rings. The number of benzene rings is 2. The number of hydrogen-bond acceptors (Lipinski definition) is 4. The van der Waals surface area contributed by atoms with E-state index < -0.39 is 0 Å². The van der Waals surface area contributed by atoms with Crippen molar-refractivity contribution in [1.82, 2.24) is 9.55 Å². The maximum absolute atomic E-state index is 8.84. The molecule has 1 heterocycles. The number of hydrogen-bond donors (Lipinski definition) is 0. The minimum absolute atomic E-state index is 0.658. The van der Waals surface area contributed by atoms with Crippen molar-refractivity contribution in [2.75, 3.05) is 14.2 Å². The van der Waals surface area contributed by atoms with E-state index >= 15 is 0 Å². The second-order valence-corrected chi connectivity index (χ2v) is 4.88. The van der Waals surface area contributed by atoms with E-state index in [2.05, 4.69) is 11.1 Å². The van der Waals surface area contributed by atoms with Crippen molar-refractivity contribution in [3.63, 3.8) is 0 Å². The highest BCUT2D eigenvalue weighted by Crippen LogP contribution is 2.31. The molecule has 5 heteroatoms. The normalized spacial score (nSPS) is 10.4. The first-order valence-corrected chi connectivity index (χ1v) is 6.81. The summed E-state index contributed by atoms with van der Waals surface area (Å²) < 4.78 is 12.7. The number of nitrogens with zero attached hydrogens (tertiary/aromatic N) is 3. The second kappa shape index (κ2) is 5.78. The van der Waals surface area contributed by atoms with Crippen LogP contribution in [0.1, 0.15) is 11.1 Å². The predicted molar refractivity (Wildman–Crippen MR) is 83.1 cm³/mol. The molecule has 0 saturated carbocycles. The molecule has 3 rings (SSSR count). The molecule has 1 aromatic heterocycles. The van der Waals surface area contributed by atoms with E-state index in [0.717, 1.165) is 16.6 Å². The van der Waals surface area contributed by atoms with Gasteiger partial charge in [0.05, 0.1) is 43.2 Å². The van der Waals surface area contributed by atoms with Crippen LogP contribution in [0.25, 0.3) is 11.0 Å². The molecule has 0 spiro atoms. The molecule has 0 aliphatic carbocycles. The summed E-state index contributed by atoms with van der Waals surface area (Å²) in [6, 6.07) is 13.4. The average molecular weight is 293 g/mol. The fourth-order valence-electron chi connectivity index (χ4n) is 2.39. The van der Waals surface area contributed by atoms with Crippen LogP contribution >= 0.6 is 0 Å². The van der Waals surface area contributed by atoms with Crippen molar-refractivity contribution >= 4 is 11.0 Å². The minimum atomic E-state index is 0.658. The fraction of sp³-hybridized carbons (Fsp3) is 0.176. The SMILES string of the molecule is COc1cc2ncn(Cc3ccc(C#N)cc3)c2cc1OC. The molecule has 5 nitrogen and oxygen atoms in total. The molecule has 0 bridgehead atoms. The highest BCUT2D eigenvalue weighted by molar-refractivity contribution is 5.80. The van der Waals surface area contributed by atoms with Crippen LogP contribution in [0.4, 0.5) is 0 Å². The van der Waals surface area contributed by atoms with Crippen LogP contribution in [0, 0.1) is 11.3 Å². The quantitative estimate of drug-likeness (QED) is 0.742. The lowest BCUT2D eigenvalue weighted by atomic mass is 10.1. The largest absolute Gasteiger partial charge is 0.493 e. The maximum Gasteiger partial charge on any atom is 0.163 e. The van der Waals surface area contributed by atoms with E-state index in [1.54, 1.807) is 20.5 Å². The number of ether oxygens (including phenoxy) is 2. The molecule has 0 amide bonds. The highest BCUT2D eigenvalue weighted by Gasteiger charge is 2.10. The number of rotatable bonds is 4. The molecule has 3 aromatic rings. The fourth-order valence-corrected chi connectivity index (χ4v) is 2.39. The zero-order valence-corrected chi connectivity index (χ0v) is 12.4. The van der Waals surface area contributed by atoms with Gasteiger partial charge in [-0.15, -0.1) is 0 Å². The summed E-state index contributed by atoms with van der Waals surface area (Å²) in [7, 11) is 3.22. The first-order valence-electron chi connectivity index (χ1n) is 6.81. The van der Waals surface area contributed by atoms with Crippen LogP contribution in [0.2, 0.25) is 0 Å². The monoisotopic (exact) mass is 293 g/mol. The first kappa shape index (κ1) is 14.0. The van der Waals surface area contributed by atoms with Crippen LogP contribution in [0.15, 0.2) is 42.7 Å². The van der Waals surface area contributed by atoms with Gasteiger partial charge < -0.3 is 14.0 Å². The van der Waals surface area contributed by atoms with E-state index in [9.17, 15) is 0 Å². The summed E-state index contributed by atoms with van der Waals surface area (Å²) in [5, 5.41) is 8.84. The first-order chi connectivity index (χ1) is 10.7. The van der Waals surface area contributed by atoms with Crippen molar-refractivity contribution in [2.45, 2.75) is 6.54 Å². The van der Waals surface area contributed by atoms with Crippen molar-refractivity contribution in [2.24, 2.45) is 0 Å². The van der Waals surface area contributed by atoms with Gasteiger partial charge in [0.1, 0.15) is 0 Å². The van der Waals surface area contributed by atoms with E-state index in [-0.39, 0.29) is 0 Å². The molecule has 22 heavy (non-hydrogen) atoms. The van der Waals surface area contributed by atoms with Gasteiger partial charge in [0, 0.05) is 18.7 Å². The van der Waals surface area contributed by atoms with Gasteiger partial charge in [-0.3, -0.25) is 0 Å². The Hall–Kier alpha value is -3.00. The average Bonchev–Trinajstić information content (AvgIpc) is 2.96. The summed E-state index contributed by atoms with van der Waals surface area (Å²) in [5.74, 6) is 1.34. The summed E-state index contributed by atoms with van der Waals surface area (Å²) in [4.78, 5) is 4.41. The summed E-state index contributed by atoms with van der Waals surface area (Å²) >= 11 is 0. The van der Waals surface area contributed by atoms with E-state index in [1.165, 1.54) is 0 Å². The van der Waals surface area contributed by atoms with Gasteiger partial charge in [0.15, 0.2) is 11.5 Å². The lowest BCUT2D eigenvalue weighted by Crippen LogP contribution is -1.98. The Morgan fingerprint density at radius 1 is 1.09 bits per heavy atom. The number of fused-ring (bicyclic) bond motifs is 1. The van der Waals surface area contributed by atoms with E-state index in [1.807, 2.05) is 41.0 Å². The third kappa shape index (κ3) is 2.47. The summed E-state index contributed by atoms with van der Waals surface area (Å²) in [6.45, 7) is 0.678. The molecule has 110 valence electrons. The standard InChI is InChI=1S/C17H15N3O2/c1-21-16-7-14-15(8-17(16)22-2)20(11-19-14)10-13-5-3-12(9-18)4-6-13/h3-8,11H,10H2,1-2H3. The van der Waals surface area contributed by atoms with E-state index in [4.69, 9.17) is 14.7 Å². The number of imidazole rings is 1. The molecule has 0 atom stereocenters. The zero-order valence-electron chi connectivity index (χ0n) is 12.4. The smallest absolute Gasteiger partial charge is 0.163 e. The maximum atomic E-state index is 8.84. The third-order valence-electron chi connectivity index (χ3n) is 3.56. The molecule has 2 aromatic carbocycles.